The number of rotatable bonds is 3. The maximum atomic E-state index is 11.9. The standard InChI is InChI=1S/C13H15N3O3S/c1-7-2-4-16(10(7)13(18)19)6-9-14-8-3-5-20-11(8)12(17)15-9/h3,5,7,10H,2,4,6H2,1H3,(H,18,19)(H,14,15,17). The lowest BCUT2D eigenvalue weighted by molar-refractivity contribution is -0.143. The van der Waals surface area contributed by atoms with Gasteiger partial charge in [0.05, 0.1) is 12.1 Å². The maximum absolute atomic E-state index is 11.9. The normalized spacial score (nSPS) is 23.4. The number of hydrogen-bond acceptors (Lipinski definition) is 5. The summed E-state index contributed by atoms with van der Waals surface area (Å²) in [7, 11) is 0. The first kappa shape index (κ1) is 13.3. The molecule has 7 heteroatoms. The number of aromatic nitrogens is 2. The molecule has 6 nitrogen and oxygen atoms in total. The van der Waals surface area contributed by atoms with E-state index in [-0.39, 0.29) is 11.5 Å². The van der Waals surface area contributed by atoms with Gasteiger partial charge in [-0.1, -0.05) is 6.92 Å². The highest BCUT2D eigenvalue weighted by molar-refractivity contribution is 7.17. The van der Waals surface area contributed by atoms with Crippen LogP contribution in [-0.4, -0.2) is 38.5 Å². The van der Waals surface area contributed by atoms with Crippen LogP contribution in [0.15, 0.2) is 16.2 Å². The number of carboxylic acid groups (broad SMARTS) is 1. The topological polar surface area (TPSA) is 86.3 Å². The number of nitrogens with zero attached hydrogens (tertiary/aromatic N) is 2. The Kier molecular flexibility index (Phi) is 3.31. The van der Waals surface area contributed by atoms with Crippen LogP contribution in [0.25, 0.3) is 10.2 Å². The van der Waals surface area contributed by atoms with Gasteiger partial charge in [0, 0.05) is 0 Å². The van der Waals surface area contributed by atoms with Crippen LogP contribution in [0.3, 0.4) is 0 Å². The monoisotopic (exact) mass is 293 g/mol. The number of carboxylic acids is 1. The van der Waals surface area contributed by atoms with Crippen molar-refractivity contribution in [1.29, 1.82) is 0 Å². The third-order valence-corrected chi connectivity index (χ3v) is 4.68. The average molecular weight is 293 g/mol. The molecule has 20 heavy (non-hydrogen) atoms. The van der Waals surface area contributed by atoms with Gasteiger partial charge < -0.3 is 10.1 Å². The Balaban J connectivity index is 1.89. The van der Waals surface area contributed by atoms with E-state index in [0.29, 0.717) is 29.1 Å². The highest BCUT2D eigenvalue weighted by Crippen LogP contribution is 2.25. The van der Waals surface area contributed by atoms with E-state index in [1.54, 1.807) is 6.07 Å². The second-order valence-corrected chi connectivity index (χ2v) is 6.08. The summed E-state index contributed by atoms with van der Waals surface area (Å²) >= 11 is 1.36. The lowest BCUT2D eigenvalue weighted by atomic mass is 10.0. The summed E-state index contributed by atoms with van der Waals surface area (Å²) in [6, 6.07) is 1.30. The van der Waals surface area contributed by atoms with Crippen LogP contribution >= 0.6 is 11.3 Å². The van der Waals surface area contributed by atoms with Crippen LogP contribution in [0.1, 0.15) is 19.2 Å². The smallest absolute Gasteiger partial charge is 0.321 e. The molecule has 0 amide bonds. The van der Waals surface area contributed by atoms with Crippen LogP contribution in [-0.2, 0) is 11.3 Å². The molecular formula is C13H15N3O3S. The van der Waals surface area contributed by atoms with Gasteiger partial charge in [0.2, 0.25) is 0 Å². The van der Waals surface area contributed by atoms with E-state index in [4.69, 9.17) is 0 Å². The first-order valence-electron chi connectivity index (χ1n) is 6.49. The molecule has 1 saturated heterocycles. The summed E-state index contributed by atoms with van der Waals surface area (Å²) in [4.78, 5) is 32.2. The molecular weight excluding hydrogens is 278 g/mol. The van der Waals surface area contributed by atoms with E-state index in [9.17, 15) is 14.7 Å². The van der Waals surface area contributed by atoms with Crippen molar-refractivity contribution < 1.29 is 9.90 Å². The Hall–Kier alpha value is -1.73. The lowest BCUT2D eigenvalue weighted by Gasteiger charge is -2.22. The van der Waals surface area contributed by atoms with Crippen molar-refractivity contribution in [2.75, 3.05) is 6.54 Å². The number of hydrogen-bond donors (Lipinski definition) is 2. The molecule has 1 aliphatic rings. The predicted octanol–water partition coefficient (Wildman–Crippen LogP) is 1.28. The second-order valence-electron chi connectivity index (χ2n) is 5.17. The number of aliphatic carboxylic acids is 1. The molecule has 2 atom stereocenters. The third kappa shape index (κ3) is 2.23. The Bertz CT molecular complexity index is 708. The Labute approximate surface area is 119 Å². The molecule has 3 rings (SSSR count). The van der Waals surface area contributed by atoms with Crippen LogP contribution in [0.5, 0.6) is 0 Å². The first-order valence-corrected chi connectivity index (χ1v) is 7.37. The molecule has 0 radical (unpaired) electrons. The molecule has 0 aliphatic carbocycles. The van der Waals surface area contributed by atoms with Gasteiger partial charge >= 0.3 is 5.97 Å². The van der Waals surface area contributed by atoms with Crippen LogP contribution in [0.4, 0.5) is 0 Å². The second kappa shape index (κ2) is 4.99. The fourth-order valence-electron chi connectivity index (χ4n) is 2.79. The van der Waals surface area contributed by atoms with Crippen molar-refractivity contribution in [2.45, 2.75) is 25.9 Å². The average Bonchev–Trinajstić information content (AvgIpc) is 2.96. The van der Waals surface area contributed by atoms with Crippen molar-refractivity contribution in [3.63, 3.8) is 0 Å². The van der Waals surface area contributed by atoms with Crippen molar-refractivity contribution >= 4 is 27.5 Å². The summed E-state index contributed by atoms with van der Waals surface area (Å²) in [5.74, 6) is -0.167. The number of nitrogens with one attached hydrogen (secondary N) is 1. The number of H-pyrrole nitrogens is 1. The molecule has 0 saturated carbocycles. The number of fused-ring (bicyclic) bond motifs is 1. The van der Waals surface area contributed by atoms with Gasteiger partial charge in [0.25, 0.3) is 5.56 Å². The van der Waals surface area contributed by atoms with Crippen LogP contribution in [0.2, 0.25) is 0 Å². The van der Waals surface area contributed by atoms with Gasteiger partial charge in [0.1, 0.15) is 16.6 Å². The van der Waals surface area contributed by atoms with Crippen molar-refractivity contribution in [2.24, 2.45) is 5.92 Å². The van der Waals surface area contributed by atoms with Gasteiger partial charge in [-0.05, 0) is 30.3 Å². The summed E-state index contributed by atoms with van der Waals surface area (Å²) in [6.07, 6.45) is 0.849. The molecule has 2 aromatic rings. The number of thiophene rings is 1. The maximum Gasteiger partial charge on any atom is 0.321 e. The van der Waals surface area contributed by atoms with E-state index in [1.807, 2.05) is 17.2 Å². The van der Waals surface area contributed by atoms with Crippen molar-refractivity contribution in [3.8, 4) is 0 Å². The van der Waals surface area contributed by atoms with E-state index in [0.717, 1.165) is 6.42 Å². The summed E-state index contributed by atoms with van der Waals surface area (Å²) < 4.78 is 0.610. The predicted molar refractivity (Wildman–Crippen MR) is 75.9 cm³/mol. The zero-order chi connectivity index (χ0) is 14.3. The van der Waals surface area contributed by atoms with Gasteiger partial charge in [-0.25, -0.2) is 4.98 Å². The van der Waals surface area contributed by atoms with E-state index in [2.05, 4.69) is 9.97 Å². The summed E-state index contributed by atoms with van der Waals surface area (Å²) in [5, 5.41) is 11.1. The zero-order valence-electron chi connectivity index (χ0n) is 11.0. The molecule has 1 aliphatic heterocycles. The molecule has 1 fully saturated rings. The molecule has 3 heterocycles. The minimum absolute atomic E-state index is 0.115. The van der Waals surface area contributed by atoms with Crippen molar-refractivity contribution in [1.82, 2.24) is 14.9 Å². The van der Waals surface area contributed by atoms with E-state index in [1.165, 1.54) is 11.3 Å². The number of carbonyl (C=O) groups is 1. The number of likely N-dealkylation sites (tertiary alicyclic amines) is 1. The fourth-order valence-corrected chi connectivity index (χ4v) is 3.52. The van der Waals surface area contributed by atoms with Crippen molar-refractivity contribution in [3.05, 3.63) is 27.6 Å². The minimum atomic E-state index is -0.811. The first-order chi connectivity index (χ1) is 9.56. The zero-order valence-corrected chi connectivity index (χ0v) is 11.8. The Morgan fingerprint density at radius 2 is 2.45 bits per heavy atom. The Morgan fingerprint density at radius 1 is 1.65 bits per heavy atom. The minimum Gasteiger partial charge on any atom is -0.480 e. The molecule has 2 aromatic heterocycles. The molecule has 0 aromatic carbocycles. The highest BCUT2D eigenvalue weighted by Gasteiger charge is 2.36. The van der Waals surface area contributed by atoms with Gasteiger partial charge in [-0.2, -0.15) is 0 Å². The van der Waals surface area contributed by atoms with Crippen LogP contribution < -0.4 is 5.56 Å². The molecule has 0 spiro atoms. The SMILES string of the molecule is CC1CCN(Cc2nc3ccsc3c(=O)[nH]2)C1C(=O)O. The molecule has 0 bridgehead atoms. The lowest BCUT2D eigenvalue weighted by Crippen LogP contribution is -2.39. The Morgan fingerprint density at radius 3 is 3.20 bits per heavy atom. The van der Waals surface area contributed by atoms with Crippen LogP contribution in [0, 0.1) is 5.92 Å². The molecule has 106 valence electrons. The van der Waals surface area contributed by atoms with Gasteiger partial charge in [-0.15, -0.1) is 11.3 Å². The summed E-state index contributed by atoms with van der Waals surface area (Å²) in [5.41, 5.74) is 0.520. The highest BCUT2D eigenvalue weighted by atomic mass is 32.1. The number of aromatic amines is 1. The molecule has 2 unspecified atom stereocenters. The van der Waals surface area contributed by atoms with E-state index < -0.39 is 12.0 Å². The summed E-state index contributed by atoms with van der Waals surface area (Å²) in [6.45, 7) is 3.02. The molecule has 2 N–H and O–H groups in total. The fraction of sp³-hybridized carbons (Fsp3) is 0.462. The van der Waals surface area contributed by atoms with Gasteiger partial charge in [0.15, 0.2) is 0 Å². The van der Waals surface area contributed by atoms with Gasteiger partial charge in [-0.3, -0.25) is 14.5 Å². The quantitative estimate of drug-likeness (QED) is 0.890. The third-order valence-electron chi connectivity index (χ3n) is 3.77. The van der Waals surface area contributed by atoms with E-state index >= 15 is 0 Å². The largest absolute Gasteiger partial charge is 0.480 e.